The summed E-state index contributed by atoms with van der Waals surface area (Å²) in [7, 11) is 2.07. The minimum absolute atomic E-state index is 0.712. The number of fused-ring (bicyclic) bond motifs is 3. The molecule has 0 N–H and O–H groups in total. The van der Waals surface area contributed by atoms with Crippen molar-refractivity contribution in [3.05, 3.63) is 35.7 Å². The summed E-state index contributed by atoms with van der Waals surface area (Å²) in [6.45, 7) is 7.80. The molecule has 5 heteroatoms. The lowest BCUT2D eigenvalue weighted by molar-refractivity contribution is 0.308. The van der Waals surface area contributed by atoms with Gasteiger partial charge in [0.2, 0.25) is 5.36 Å². The summed E-state index contributed by atoms with van der Waals surface area (Å²) >= 11 is 0. The van der Waals surface area contributed by atoms with E-state index in [0.29, 0.717) is 6.61 Å². The Hall–Kier alpha value is -2.56. The molecule has 2 aliphatic heterocycles. The number of rotatable bonds is 2. The second-order valence-corrected chi connectivity index (χ2v) is 6.10. The molecule has 0 unspecified atom stereocenters. The van der Waals surface area contributed by atoms with E-state index >= 15 is 0 Å². The van der Waals surface area contributed by atoms with Gasteiger partial charge in [-0.25, -0.2) is 9.56 Å². The highest BCUT2D eigenvalue weighted by molar-refractivity contribution is 5.84. The first kappa shape index (κ1) is 15.0. The van der Waals surface area contributed by atoms with Crippen LogP contribution >= 0.6 is 0 Å². The first-order valence-corrected chi connectivity index (χ1v) is 8.50. The lowest BCUT2D eigenvalue weighted by atomic mass is 10.2. The van der Waals surface area contributed by atoms with E-state index in [2.05, 4.69) is 48.6 Å². The maximum absolute atomic E-state index is 6.17. The predicted molar refractivity (Wildman–Crippen MR) is 95.7 cm³/mol. The molecule has 1 aromatic rings. The van der Waals surface area contributed by atoms with Crippen molar-refractivity contribution >= 4 is 16.8 Å². The summed E-state index contributed by atoms with van der Waals surface area (Å²) in [5, 5.41) is 1.13. The molecule has 3 aliphatic rings. The fourth-order valence-corrected chi connectivity index (χ4v) is 3.13. The zero-order valence-corrected chi connectivity index (χ0v) is 14.4. The zero-order valence-electron chi connectivity index (χ0n) is 14.4. The van der Waals surface area contributed by atoms with Crippen LogP contribution in [0.3, 0.4) is 0 Å². The Balaban J connectivity index is 1.95. The van der Waals surface area contributed by atoms with E-state index in [9.17, 15) is 0 Å². The summed E-state index contributed by atoms with van der Waals surface area (Å²) in [6, 6.07) is 10.2. The van der Waals surface area contributed by atoms with Crippen molar-refractivity contribution < 1.29 is 9.15 Å². The normalized spacial score (nSPS) is 15.4. The van der Waals surface area contributed by atoms with Crippen LogP contribution in [0.1, 0.15) is 13.8 Å². The molecule has 0 aromatic heterocycles. The number of anilines is 1. The minimum Gasteiger partial charge on any atom is -0.489 e. The second kappa shape index (κ2) is 5.82. The van der Waals surface area contributed by atoms with Crippen molar-refractivity contribution in [2.45, 2.75) is 13.8 Å². The van der Waals surface area contributed by atoms with Gasteiger partial charge in [-0.2, -0.15) is 0 Å². The summed E-state index contributed by atoms with van der Waals surface area (Å²) in [4.78, 5) is 7.06. The molecule has 0 bridgehead atoms. The Morgan fingerprint density at radius 1 is 1.21 bits per heavy atom. The van der Waals surface area contributed by atoms with Gasteiger partial charge in [-0.1, -0.05) is 0 Å². The molecule has 124 valence electrons. The van der Waals surface area contributed by atoms with Crippen LogP contribution in [0.2, 0.25) is 0 Å². The minimum atomic E-state index is 0.712. The van der Waals surface area contributed by atoms with Gasteiger partial charge < -0.3 is 14.1 Å². The van der Waals surface area contributed by atoms with Crippen LogP contribution in [-0.2, 0) is 0 Å². The van der Waals surface area contributed by atoms with Crippen LogP contribution in [0.15, 0.2) is 34.7 Å². The lowest BCUT2D eigenvalue weighted by Crippen LogP contribution is -2.32. The third kappa shape index (κ3) is 2.40. The van der Waals surface area contributed by atoms with Crippen LogP contribution in [0.4, 0.5) is 5.69 Å². The Morgan fingerprint density at radius 2 is 2.08 bits per heavy atom. The maximum atomic E-state index is 6.17. The van der Waals surface area contributed by atoms with Crippen molar-refractivity contribution in [2.75, 3.05) is 38.2 Å². The third-order valence-corrected chi connectivity index (χ3v) is 4.70. The lowest BCUT2D eigenvalue weighted by Gasteiger charge is -2.30. The molecule has 0 atom stereocenters. The van der Waals surface area contributed by atoms with Crippen LogP contribution in [0, 0.1) is 0 Å². The number of likely N-dealkylation sites (N-methyl/N-ethyl adjacent to an activating group) is 1. The summed E-state index contributed by atoms with van der Waals surface area (Å²) in [5.74, 6) is 1.69. The zero-order chi connectivity index (χ0) is 16.7. The average Bonchev–Trinajstić information content (AvgIpc) is 2.63. The fourth-order valence-electron chi connectivity index (χ4n) is 3.13. The molecule has 0 fully saturated rings. The average molecular weight is 324 g/mol. The number of ether oxygens (including phenoxy) is 1. The van der Waals surface area contributed by atoms with Crippen LogP contribution in [-0.4, -0.2) is 38.3 Å². The number of hydrogen-bond donors (Lipinski definition) is 0. The standard InChI is InChI=1S/C19H22N3O2/c1-4-21(3)13-6-7-14-17(10-13)24-18-12-16-19(11-15(18)20-14)23-9-8-22(16)5-2/h6-7,10-12H,4-5,8-9H2,1-3H3/q+1. The first-order chi connectivity index (χ1) is 11.7. The fraction of sp³-hybridized carbons (Fsp3) is 0.368. The van der Waals surface area contributed by atoms with E-state index in [-0.39, 0.29) is 0 Å². The predicted octanol–water partition coefficient (Wildman–Crippen LogP) is 2.57. The van der Waals surface area contributed by atoms with Crippen molar-refractivity contribution in [1.82, 2.24) is 9.56 Å². The summed E-state index contributed by atoms with van der Waals surface area (Å²) in [6.07, 6.45) is 0. The molecule has 2 heterocycles. The second-order valence-electron chi connectivity index (χ2n) is 6.10. The molecule has 24 heavy (non-hydrogen) atoms. The van der Waals surface area contributed by atoms with E-state index in [4.69, 9.17) is 14.1 Å². The molecule has 0 saturated carbocycles. The van der Waals surface area contributed by atoms with Crippen molar-refractivity contribution in [3.8, 4) is 17.2 Å². The van der Waals surface area contributed by atoms with Gasteiger partial charge >= 0.3 is 0 Å². The van der Waals surface area contributed by atoms with Gasteiger partial charge in [-0.15, -0.1) is 0 Å². The highest BCUT2D eigenvalue weighted by Gasteiger charge is 2.20. The van der Waals surface area contributed by atoms with Crippen molar-refractivity contribution in [3.63, 3.8) is 0 Å². The molecular weight excluding hydrogens is 302 g/mol. The number of hydrogen-bond acceptors (Lipinski definition) is 4. The van der Waals surface area contributed by atoms with Crippen LogP contribution in [0.25, 0.3) is 22.6 Å². The van der Waals surface area contributed by atoms with Crippen LogP contribution < -0.4 is 19.6 Å². The van der Waals surface area contributed by atoms with E-state index in [1.165, 1.54) is 0 Å². The van der Waals surface area contributed by atoms with Crippen molar-refractivity contribution in [1.29, 1.82) is 0 Å². The Bertz CT molecular complexity index is 945. The van der Waals surface area contributed by atoms with E-state index in [0.717, 1.165) is 59.0 Å². The molecular formula is C19H22N3O2+. The largest absolute Gasteiger partial charge is 0.489 e. The van der Waals surface area contributed by atoms with Crippen molar-refractivity contribution in [2.24, 2.45) is 0 Å². The molecule has 1 aliphatic carbocycles. The summed E-state index contributed by atoms with van der Waals surface area (Å²) < 4.78 is 14.2. The topological polar surface area (TPSA) is 41.5 Å². The maximum Gasteiger partial charge on any atom is 0.203 e. The number of aromatic nitrogens is 1. The Morgan fingerprint density at radius 3 is 2.88 bits per heavy atom. The van der Waals surface area contributed by atoms with E-state index < -0.39 is 0 Å². The van der Waals surface area contributed by atoms with Gasteiger partial charge in [0.25, 0.3) is 0 Å². The monoisotopic (exact) mass is 324 g/mol. The first-order valence-electron chi connectivity index (χ1n) is 8.50. The molecule has 5 nitrogen and oxygen atoms in total. The van der Waals surface area contributed by atoms with E-state index in [1.54, 1.807) is 0 Å². The smallest absolute Gasteiger partial charge is 0.203 e. The van der Waals surface area contributed by atoms with Crippen LogP contribution in [0.5, 0.6) is 5.75 Å². The molecule has 0 spiro atoms. The van der Waals surface area contributed by atoms with Gasteiger partial charge in [0.15, 0.2) is 11.3 Å². The molecule has 4 rings (SSSR count). The Labute approximate surface area is 141 Å². The molecule has 1 aromatic carbocycles. The molecule has 0 amide bonds. The van der Waals surface area contributed by atoms with Gasteiger partial charge in [0, 0.05) is 24.7 Å². The van der Waals surface area contributed by atoms with Gasteiger partial charge in [-0.05, 0) is 19.9 Å². The highest BCUT2D eigenvalue weighted by Crippen LogP contribution is 2.36. The summed E-state index contributed by atoms with van der Waals surface area (Å²) in [5.41, 5.74) is 3.57. The quantitative estimate of drug-likeness (QED) is 0.537. The van der Waals surface area contributed by atoms with Gasteiger partial charge in [-0.3, -0.25) is 0 Å². The molecule has 0 saturated heterocycles. The third-order valence-electron chi connectivity index (χ3n) is 4.70. The van der Waals surface area contributed by atoms with Gasteiger partial charge in [0.05, 0.1) is 18.3 Å². The number of benzene rings is 2. The number of nitrogens with zero attached hydrogens (tertiary/aromatic N) is 3. The molecule has 0 radical (unpaired) electrons. The highest BCUT2D eigenvalue weighted by atomic mass is 16.5. The Kier molecular flexibility index (Phi) is 3.63. The van der Waals surface area contributed by atoms with E-state index in [1.807, 2.05) is 12.1 Å². The SMILES string of the molecule is CCN1CCOc2cc3nc4ccc(=[N+](C)CC)cc-4oc3cc21. The van der Waals surface area contributed by atoms with Gasteiger partial charge in [0.1, 0.15) is 37.2 Å².